The van der Waals surface area contributed by atoms with Gasteiger partial charge in [-0.3, -0.25) is 4.79 Å². The van der Waals surface area contributed by atoms with Crippen molar-refractivity contribution in [3.8, 4) is 0 Å². The number of carbonyl (C=O) groups is 1. The number of aliphatic hydroxyl groups is 2. The number of carboxylic acids is 1. The minimum atomic E-state index is -1.50. The summed E-state index contributed by atoms with van der Waals surface area (Å²) in [5.41, 5.74) is 1.22. The molecule has 2 aromatic heterocycles. The van der Waals surface area contributed by atoms with Crippen LogP contribution < -0.4 is 0 Å². The maximum absolute atomic E-state index is 11.0. The largest absolute Gasteiger partial charge is 0.481 e. The van der Waals surface area contributed by atoms with Crippen molar-refractivity contribution >= 4 is 40.3 Å². The van der Waals surface area contributed by atoms with Crippen LogP contribution in [0.5, 0.6) is 0 Å². The van der Waals surface area contributed by atoms with Crippen molar-refractivity contribution in [2.24, 2.45) is 5.92 Å². The predicted octanol–water partition coefficient (Wildman–Crippen LogP) is 3.90. The van der Waals surface area contributed by atoms with Gasteiger partial charge in [0, 0.05) is 6.04 Å². The third-order valence-electron chi connectivity index (χ3n) is 3.60. The average Bonchev–Trinajstić information content (AvgIpc) is 3.13. The number of imidazole rings is 1. The Morgan fingerprint density at radius 1 is 1.27 bits per heavy atom. The molecule has 0 bridgehead atoms. The first-order valence-electron chi connectivity index (χ1n) is 8.42. The number of aromatic nitrogens is 3. The van der Waals surface area contributed by atoms with Gasteiger partial charge in [-0.05, 0) is 39.2 Å². The fourth-order valence-electron chi connectivity index (χ4n) is 2.64. The minimum Gasteiger partial charge on any atom is -0.481 e. The molecule has 0 radical (unpaired) electrons. The molecule has 0 aromatic carbocycles. The van der Waals surface area contributed by atoms with Crippen molar-refractivity contribution in [3.63, 3.8) is 0 Å². The molecular formula is C17H25Cl2N3O4. The third-order valence-corrected chi connectivity index (χ3v) is 4.08. The summed E-state index contributed by atoms with van der Waals surface area (Å²) in [6.45, 7) is 6.60. The number of rotatable bonds is 2. The van der Waals surface area contributed by atoms with Gasteiger partial charge in [-0.1, -0.05) is 37.0 Å². The topological polar surface area (TPSA) is 108 Å². The monoisotopic (exact) mass is 405 g/mol. The lowest BCUT2D eigenvalue weighted by atomic mass is 10.1. The highest BCUT2D eigenvalue weighted by Crippen LogP contribution is 2.37. The molecule has 1 fully saturated rings. The summed E-state index contributed by atoms with van der Waals surface area (Å²) in [7, 11) is 0. The molecular weight excluding hydrogens is 381 g/mol. The number of nitrogens with zero attached hydrogens (tertiary/aromatic N) is 3. The molecule has 2 aromatic rings. The average molecular weight is 406 g/mol. The van der Waals surface area contributed by atoms with Crippen molar-refractivity contribution in [1.29, 1.82) is 0 Å². The molecule has 0 spiro atoms. The zero-order valence-corrected chi connectivity index (χ0v) is 16.8. The molecule has 1 aliphatic carbocycles. The van der Waals surface area contributed by atoms with Crippen molar-refractivity contribution in [2.75, 3.05) is 0 Å². The summed E-state index contributed by atoms with van der Waals surface area (Å²) in [6.07, 6.45) is 3.73. The lowest BCUT2D eigenvalue weighted by molar-refractivity contribution is -0.141. The summed E-state index contributed by atoms with van der Waals surface area (Å²) in [5.74, 6) is -2.53. The van der Waals surface area contributed by atoms with Gasteiger partial charge in [0.05, 0.1) is 17.3 Å². The lowest BCUT2D eigenvalue weighted by Gasteiger charge is -2.12. The molecule has 3 rings (SSSR count). The summed E-state index contributed by atoms with van der Waals surface area (Å²) < 4.78 is 1.88. The second kappa shape index (κ2) is 9.50. The fourth-order valence-corrected chi connectivity index (χ4v) is 3.12. The molecule has 1 aliphatic rings. The van der Waals surface area contributed by atoms with E-state index in [9.17, 15) is 4.79 Å². The van der Waals surface area contributed by atoms with Crippen LogP contribution >= 0.6 is 23.2 Å². The molecule has 7 nitrogen and oxygen atoms in total. The number of carboxylic acid groups (broad SMARTS) is 1. The summed E-state index contributed by atoms with van der Waals surface area (Å²) in [4.78, 5) is 19.5. The Hall–Kier alpha value is -1.41. The fraction of sp³-hybridized carbons (Fsp3) is 0.588. The van der Waals surface area contributed by atoms with Crippen molar-refractivity contribution < 1.29 is 20.1 Å². The second-order valence-electron chi connectivity index (χ2n) is 6.25. The van der Waals surface area contributed by atoms with Crippen LogP contribution in [-0.2, 0) is 4.79 Å². The van der Waals surface area contributed by atoms with Crippen LogP contribution in [0.25, 0.3) is 11.2 Å². The van der Waals surface area contributed by atoms with E-state index in [4.69, 9.17) is 38.5 Å². The molecule has 0 amide bonds. The van der Waals surface area contributed by atoms with Gasteiger partial charge in [0.2, 0.25) is 0 Å². The van der Waals surface area contributed by atoms with Gasteiger partial charge in [0.25, 0.3) is 0 Å². The van der Waals surface area contributed by atoms with Gasteiger partial charge in [-0.15, -0.1) is 0 Å². The Kier molecular flexibility index (Phi) is 8.27. The molecule has 0 saturated heterocycles. The first-order chi connectivity index (χ1) is 12.1. The molecule has 2 atom stereocenters. The van der Waals surface area contributed by atoms with E-state index in [1.807, 2.05) is 18.4 Å². The van der Waals surface area contributed by atoms with Gasteiger partial charge >= 0.3 is 5.97 Å². The first kappa shape index (κ1) is 22.6. The molecule has 2 unspecified atom stereocenters. The van der Waals surface area contributed by atoms with Crippen molar-refractivity contribution in [1.82, 2.24) is 14.5 Å². The van der Waals surface area contributed by atoms with Crippen LogP contribution in [0, 0.1) is 5.92 Å². The van der Waals surface area contributed by atoms with E-state index < -0.39 is 11.8 Å². The molecule has 9 heteroatoms. The van der Waals surface area contributed by atoms with Crippen molar-refractivity contribution in [2.45, 2.75) is 58.8 Å². The van der Waals surface area contributed by atoms with E-state index in [-0.39, 0.29) is 12.0 Å². The number of pyridine rings is 1. The Morgan fingerprint density at radius 3 is 2.35 bits per heavy atom. The number of aliphatic carboxylic acids is 1. The minimum absolute atomic E-state index is 0.0909. The molecule has 0 aliphatic heterocycles. The van der Waals surface area contributed by atoms with Gasteiger partial charge < -0.3 is 19.9 Å². The van der Waals surface area contributed by atoms with E-state index >= 15 is 0 Å². The highest BCUT2D eigenvalue weighted by molar-refractivity contribution is 6.37. The van der Waals surface area contributed by atoms with Crippen LogP contribution in [0.4, 0.5) is 0 Å². The number of hydrogen-bond donors (Lipinski definition) is 3. The Morgan fingerprint density at radius 2 is 1.85 bits per heavy atom. The summed E-state index contributed by atoms with van der Waals surface area (Å²) >= 11 is 12.0. The Labute approximate surface area is 162 Å². The first-order valence-corrected chi connectivity index (χ1v) is 9.18. The summed E-state index contributed by atoms with van der Waals surface area (Å²) in [5, 5.41) is 26.0. The second-order valence-corrected chi connectivity index (χ2v) is 7.04. The maximum Gasteiger partial charge on any atom is 0.306 e. The molecule has 2 heterocycles. The smallest absolute Gasteiger partial charge is 0.306 e. The Balaban J connectivity index is 0.000000420. The molecule has 1 saturated carbocycles. The normalized spacial score (nSPS) is 19.4. The highest BCUT2D eigenvalue weighted by Gasteiger charge is 2.31. The lowest BCUT2D eigenvalue weighted by Crippen LogP contribution is -2.15. The third kappa shape index (κ3) is 6.39. The zero-order valence-electron chi connectivity index (χ0n) is 15.3. The molecule has 3 N–H and O–H groups in total. The van der Waals surface area contributed by atoms with Crippen LogP contribution in [0.2, 0.25) is 10.2 Å². The van der Waals surface area contributed by atoms with Crippen LogP contribution in [0.15, 0.2) is 12.4 Å². The van der Waals surface area contributed by atoms with Crippen LogP contribution in [0.1, 0.15) is 53.0 Å². The van der Waals surface area contributed by atoms with Crippen molar-refractivity contribution in [3.05, 3.63) is 22.6 Å². The van der Waals surface area contributed by atoms with Gasteiger partial charge in [0.1, 0.15) is 10.7 Å². The van der Waals surface area contributed by atoms with E-state index in [2.05, 4.69) is 9.97 Å². The van der Waals surface area contributed by atoms with Crippen LogP contribution in [-0.4, -0.2) is 41.6 Å². The standard InChI is InChI=1S/C12H11Cl2N3O2.C3H8O2.C2H6/c13-8-4-9(14)16-11-10(8)15-5-17(11)7-2-1-6(3-7)12(18)19;1-3(2,4)5;1-2/h4-7H,1-3H2,(H,18,19);4-5H,1-2H3;1-2H3. The van der Waals surface area contributed by atoms with Gasteiger partial charge in [-0.25, -0.2) is 9.97 Å². The SMILES string of the molecule is CC.CC(C)(O)O.O=C(O)C1CCC(n2cnc3c(Cl)cc(Cl)nc32)C1. The summed E-state index contributed by atoms with van der Waals surface area (Å²) in [6, 6.07) is 1.64. The van der Waals surface area contributed by atoms with Crippen LogP contribution in [0.3, 0.4) is 0 Å². The molecule has 146 valence electrons. The van der Waals surface area contributed by atoms with E-state index in [1.54, 1.807) is 12.4 Å². The van der Waals surface area contributed by atoms with E-state index in [0.29, 0.717) is 34.2 Å². The number of fused-ring (bicyclic) bond motifs is 1. The predicted molar refractivity (Wildman–Crippen MR) is 101 cm³/mol. The van der Waals surface area contributed by atoms with E-state index in [0.717, 1.165) is 6.42 Å². The quantitative estimate of drug-likeness (QED) is 0.516. The van der Waals surface area contributed by atoms with Gasteiger partial charge in [0.15, 0.2) is 11.4 Å². The Bertz CT molecular complexity index is 737. The highest BCUT2D eigenvalue weighted by atomic mass is 35.5. The van der Waals surface area contributed by atoms with E-state index in [1.165, 1.54) is 13.8 Å². The maximum atomic E-state index is 11.0. The number of hydrogen-bond acceptors (Lipinski definition) is 5. The zero-order chi connectivity index (χ0) is 20.1. The van der Waals surface area contributed by atoms with Gasteiger partial charge in [-0.2, -0.15) is 0 Å². The molecule has 26 heavy (non-hydrogen) atoms. The number of halogens is 2.